The van der Waals surface area contributed by atoms with Gasteiger partial charge in [0.1, 0.15) is 5.60 Å². The molecule has 0 bridgehead atoms. The van der Waals surface area contributed by atoms with Crippen LogP contribution in [0.1, 0.15) is 71.3 Å². The van der Waals surface area contributed by atoms with Crippen molar-refractivity contribution in [3.8, 4) is 0 Å². The third kappa shape index (κ3) is 6.58. The number of ether oxygens (including phenoxy) is 3. The van der Waals surface area contributed by atoms with Gasteiger partial charge in [0, 0.05) is 0 Å². The van der Waals surface area contributed by atoms with E-state index in [0.29, 0.717) is 6.42 Å². The first-order valence-corrected chi connectivity index (χ1v) is 10.4. The summed E-state index contributed by atoms with van der Waals surface area (Å²) in [6.07, 6.45) is 6.27. The van der Waals surface area contributed by atoms with Crippen LogP contribution < -0.4 is 0 Å². The number of carbonyl (C=O) groups excluding carboxylic acids is 3. The quantitative estimate of drug-likeness (QED) is 0.365. The molecule has 6 nitrogen and oxygen atoms in total. The average Bonchev–Trinajstić information content (AvgIpc) is 2.97. The van der Waals surface area contributed by atoms with E-state index in [-0.39, 0.29) is 0 Å². The van der Waals surface area contributed by atoms with E-state index in [1.807, 2.05) is 37.3 Å². The smallest absolute Gasteiger partial charge is 0.345 e. The van der Waals surface area contributed by atoms with Gasteiger partial charge in [-0.05, 0) is 51.5 Å². The molecule has 1 aliphatic carbocycles. The molecule has 0 amide bonds. The minimum atomic E-state index is -0.767. The molecular weight excluding hydrogens is 372 g/mol. The fraction of sp³-hybridized carbons (Fsp3) is 0.609. The molecule has 0 saturated heterocycles. The molecule has 0 aliphatic heterocycles. The second kappa shape index (κ2) is 10.4. The maximum atomic E-state index is 12.4. The van der Waals surface area contributed by atoms with Gasteiger partial charge in [-0.25, -0.2) is 9.59 Å². The molecule has 1 aliphatic rings. The Morgan fingerprint density at radius 2 is 1.48 bits per heavy atom. The summed E-state index contributed by atoms with van der Waals surface area (Å²) in [5.74, 6) is -1.83. The highest BCUT2D eigenvalue weighted by Crippen LogP contribution is 2.39. The van der Waals surface area contributed by atoms with Gasteiger partial charge in [-0.3, -0.25) is 4.79 Å². The molecule has 1 aromatic rings. The van der Waals surface area contributed by atoms with Crippen molar-refractivity contribution in [3.63, 3.8) is 0 Å². The van der Waals surface area contributed by atoms with E-state index < -0.39 is 42.1 Å². The highest BCUT2D eigenvalue weighted by atomic mass is 16.6. The monoisotopic (exact) mass is 404 g/mol. The van der Waals surface area contributed by atoms with Gasteiger partial charge in [-0.1, -0.05) is 50.1 Å². The first-order chi connectivity index (χ1) is 13.8. The molecule has 0 atom stereocenters. The summed E-state index contributed by atoms with van der Waals surface area (Å²) in [4.78, 5) is 36.2. The first-order valence-electron chi connectivity index (χ1n) is 10.4. The summed E-state index contributed by atoms with van der Waals surface area (Å²) >= 11 is 0. The lowest BCUT2D eigenvalue weighted by atomic mass is 9.86. The molecule has 0 radical (unpaired) electrons. The molecule has 0 unspecified atom stereocenters. The van der Waals surface area contributed by atoms with Gasteiger partial charge in [0.25, 0.3) is 0 Å². The van der Waals surface area contributed by atoms with Gasteiger partial charge in [-0.15, -0.1) is 0 Å². The molecule has 1 fully saturated rings. The third-order valence-electron chi connectivity index (χ3n) is 5.63. The van der Waals surface area contributed by atoms with E-state index in [2.05, 4.69) is 0 Å². The Balaban J connectivity index is 1.90. The Bertz CT molecular complexity index is 687. The predicted molar refractivity (Wildman–Crippen MR) is 108 cm³/mol. The minimum Gasteiger partial charge on any atom is -0.453 e. The molecule has 2 rings (SSSR count). The summed E-state index contributed by atoms with van der Waals surface area (Å²) in [7, 11) is 0. The molecule has 1 saturated carbocycles. The largest absolute Gasteiger partial charge is 0.453 e. The Morgan fingerprint density at radius 3 is 2.07 bits per heavy atom. The van der Waals surface area contributed by atoms with E-state index in [4.69, 9.17) is 14.2 Å². The van der Waals surface area contributed by atoms with Crippen molar-refractivity contribution in [3.05, 3.63) is 35.9 Å². The molecule has 0 spiro atoms. The lowest BCUT2D eigenvalue weighted by molar-refractivity contribution is -0.176. The maximum absolute atomic E-state index is 12.4. The second-order valence-corrected chi connectivity index (χ2v) is 8.22. The molecule has 0 N–H and O–H groups in total. The van der Waals surface area contributed by atoms with Gasteiger partial charge < -0.3 is 14.2 Å². The zero-order valence-corrected chi connectivity index (χ0v) is 17.7. The van der Waals surface area contributed by atoms with Crippen molar-refractivity contribution in [1.82, 2.24) is 0 Å². The SMILES string of the molecule is CCC(C)(C)C(=O)OCC(=O)OCC(=O)OC1(c2ccccc2)CCCCCC1. The number of benzene rings is 1. The fourth-order valence-corrected chi connectivity index (χ4v) is 3.38. The first kappa shape index (κ1) is 22.9. The average molecular weight is 405 g/mol. The zero-order chi connectivity index (χ0) is 21.3. The van der Waals surface area contributed by atoms with Crippen LogP contribution in [0.25, 0.3) is 0 Å². The van der Waals surface area contributed by atoms with Crippen LogP contribution in [0.3, 0.4) is 0 Å². The number of hydrogen-bond donors (Lipinski definition) is 0. The van der Waals surface area contributed by atoms with Crippen LogP contribution in [0.4, 0.5) is 0 Å². The van der Waals surface area contributed by atoms with E-state index in [0.717, 1.165) is 44.1 Å². The summed E-state index contributed by atoms with van der Waals surface area (Å²) in [6.45, 7) is 4.34. The summed E-state index contributed by atoms with van der Waals surface area (Å²) in [5.41, 5.74) is -0.378. The highest BCUT2D eigenvalue weighted by molar-refractivity contribution is 5.81. The van der Waals surface area contributed by atoms with E-state index >= 15 is 0 Å². The highest BCUT2D eigenvalue weighted by Gasteiger charge is 2.37. The molecular formula is C23H32O6. The summed E-state index contributed by atoms with van der Waals surface area (Å²) in [6, 6.07) is 9.74. The van der Waals surface area contributed by atoms with Crippen LogP contribution in [0.2, 0.25) is 0 Å². The fourth-order valence-electron chi connectivity index (χ4n) is 3.38. The van der Waals surface area contributed by atoms with Crippen LogP contribution in [-0.2, 0) is 34.2 Å². The molecule has 0 heterocycles. The minimum absolute atomic E-state index is 0.471. The topological polar surface area (TPSA) is 78.9 Å². The normalized spacial score (nSPS) is 16.4. The van der Waals surface area contributed by atoms with Crippen molar-refractivity contribution in [1.29, 1.82) is 0 Å². The second-order valence-electron chi connectivity index (χ2n) is 8.22. The van der Waals surface area contributed by atoms with Crippen LogP contribution >= 0.6 is 0 Å². The number of hydrogen-bond acceptors (Lipinski definition) is 6. The molecule has 0 aromatic heterocycles. The lowest BCUT2D eigenvalue weighted by Gasteiger charge is -2.33. The molecule has 6 heteroatoms. The van der Waals surface area contributed by atoms with Gasteiger partial charge in [0.05, 0.1) is 5.41 Å². The summed E-state index contributed by atoms with van der Waals surface area (Å²) in [5, 5.41) is 0. The van der Waals surface area contributed by atoms with Gasteiger partial charge in [0.2, 0.25) is 0 Å². The molecule has 29 heavy (non-hydrogen) atoms. The van der Waals surface area contributed by atoms with Crippen molar-refractivity contribution in [2.45, 2.75) is 71.3 Å². The lowest BCUT2D eigenvalue weighted by Crippen LogP contribution is -2.34. The molecule has 160 valence electrons. The number of esters is 3. The summed E-state index contributed by atoms with van der Waals surface area (Å²) < 4.78 is 15.8. The van der Waals surface area contributed by atoms with E-state index in [9.17, 15) is 14.4 Å². The zero-order valence-electron chi connectivity index (χ0n) is 17.7. The molecule has 1 aromatic carbocycles. The number of rotatable bonds is 8. The van der Waals surface area contributed by atoms with Crippen LogP contribution in [-0.4, -0.2) is 31.1 Å². The van der Waals surface area contributed by atoms with Crippen molar-refractivity contribution in [2.24, 2.45) is 5.41 Å². The van der Waals surface area contributed by atoms with E-state index in [1.165, 1.54) is 0 Å². The van der Waals surface area contributed by atoms with Crippen LogP contribution in [0.5, 0.6) is 0 Å². The van der Waals surface area contributed by atoms with Gasteiger partial charge in [0.15, 0.2) is 13.2 Å². The van der Waals surface area contributed by atoms with Gasteiger partial charge in [-0.2, -0.15) is 0 Å². The van der Waals surface area contributed by atoms with Crippen molar-refractivity contribution < 1.29 is 28.6 Å². The van der Waals surface area contributed by atoms with Gasteiger partial charge >= 0.3 is 17.9 Å². The Labute approximate surface area is 172 Å². The van der Waals surface area contributed by atoms with Crippen LogP contribution in [0.15, 0.2) is 30.3 Å². The predicted octanol–water partition coefficient (Wildman–Crippen LogP) is 4.30. The third-order valence-corrected chi connectivity index (χ3v) is 5.63. The standard InChI is InChI=1S/C23H32O6/c1-4-22(2,3)21(26)28-16-19(24)27-17-20(25)29-23(14-10-5-6-11-15-23)18-12-8-7-9-13-18/h7-9,12-13H,4-6,10-11,14-17H2,1-3H3. The van der Waals surface area contributed by atoms with Crippen molar-refractivity contribution >= 4 is 17.9 Å². The Hall–Kier alpha value is -2.37. The van der Waals surface area contributed by atoms with E-state index in [1.54, 1.807) is 13.8 Å². The Kier molecular flexibility index (Phi) is 8.23. The Morgan fingerprint density at radius 1 is 0.897 bits per heavy atom. The maximum Gasteiger partial charge on any atom is 0.345 e. The number of carbonyl (C=O) groups is 3. The van der Waals surface area contributed by atoms with Crippen LogP contribution in [0, 0.1) is 5.41 Å². The van der Waals surface area contributed by atoms with Crippen molar-refractivity contribution in [2.75, 3.05) is 13.2 Å².